The van der Waals surface area contributed by atoms with E-state index in [1.165, 1.54) is 38.5 Å². The number of aliphatic hydroxyl groups is 1. The molecule has 0 saturated heterocycles. The number of hydrogen-bond acceptors (Lipinski definition) is 2. The van der Waals surface area contributed by atoms with Gasteiger partial charge in [0, 0.05) is 0 Å². The van der Waals surface area contributed by atoms with E-state index in [-0.39, 0.29) is 6.10 Å². The van der Waals surface area contributed by atoms with Crippen molar-refractivity contribution < 1.29 is 5.11 Å². The number of rotatable bonds is 0. The molecule has 2 heteroatoms. The normalized spacial score (nSPS) is 57.4. The van der Waals surface area contributed by atoms with E-state index in [1.54, 1.807) is 0 Å². The maximum atomic E-state index is 10.1. The smallest absolute Gasteiger partial charge is 0.0661 e. The van der Waals surface area contributed by atoms with E-state index >= 15 is 0 Å². The van der Waals surface area contributed by atoms with Crippen LogP contribution in [0.1, 0.15) is 71.6 Å². The fraction of sp³-hybridized carbons (Fsp3) is 0.950. The summed E-state index contributed by atoms with van der Waals surface area (Å²) in [5.74, 6) is 3.55. The Balaban J connectivity index is 1.62. The predicted octanol–water partition coefficient (Wildman–Crippen LogP) is 4.53. The third-order valence-electron chi connectivity index (χ3n) is 8.79. The molecule has 4 saturated carbocycles. The first-order valence-corrected chi connectivity index (χ1v) is 9.56. The van der Waals surface area contributed by atoms with Crippen molar-refractivity contribution in [3.63, 3.8) is 0 Å². The van der Waals surface area contributed by atoms with Crippen molar-refractivity contribution in [1.82, 2.24) is 0 Å². The SMILES string of the molecule is C[C@]12CC[C@@H](O)C[C@H]1CC[C@@H]1[C@H]2CC[C@]2(C)[C@@H](C#N)CC[C@@H]12. The van der Waals surface area contributed by atoms with Crippen LogP contribution in [-0.2, 0) is 0 Å². The molecule has 4 fully saturated rings. The Morgan fingerprint density at radius 2 is 1.64 bits per heavy atom. The van der Waals surface area contributed by atoms with Crippen molar-refractivity contribution in [3.8, 4) is 6.07 Å². The van der Waals surface area contributed by atoms with E-state index in [0.29, 0.717) is 16.7 Å². The highest BCUT2D eigenvalue weighted by Crippen LogP contribution is 2.67. The molecule has 0 heterocycles. The van der Waals surface area contributed by atoms with Gasteiger partial charge in [0.05, 0.1) is 18.1 Å². The average molecular weight is 301 g/mol. The van der Waals surface area contributed by atoms with Crippen LogP contribution < -0.4 is 0 Å². The molecule has 122 valence electrons. The van der Waals surface area contributed by atoms with Crippen LogP contribution in [0, 0.1) is 51.8 Å². The zero-order chi connectivity index (χ0) is 15.5. The van der Waals surface area contributed by atoms with Gasteiger partial charge in [-0.1, -0.05) is 13.8 Å². The zero-order valence-electron chi connectivity index (χ0n) is 14.2. The summed E-state index contributed by atoms with van der Waals surface area (Å²) in [7, 11) is 0. The van der Waals surface area contributed by atoms with E-state index < -0.39 is 0 Å². The van der Waals surface area contributed by atoms with Crippen LogP contribution in [0.25, 0.3) is 0 Å². The molecular weight excluding hydrogens is 270 g/mol. The van der Waals surface area contributed by atoms with E-state index in [0.717, 1.165) is 42.9 Å². The summed E-state index contributed by atoms with van der Waals surface area (Å²) in [6, 6.07) is 2.64. The van der Waals surface area contributed by atoms with Crippen LogP contribution in [-0.4, -0.2) is 11.2 Å². The second-order valence-electron chi connectivity index (χ2n) is 9.39. The van der Waals surface area contributed by atoms with Gasteiger partial charge in [-0.15, -0.1) is 0 Å². The lowest BCUT2D eigenvalue weighted by molar-refractivity contribution is -0.124. The fourth-order valence-electron chi connectivity index (χ4n) is 7.45. The van der Waals surface area contributed by atoms with Crippen LogP contribution in [0.3, 0.4) is 0 Å². The van der Waals surface area contributed by atoms with Gasteiger partial charge in [-0.3, -0.25) is 0 Å². The Hall–Kier alpha value is -0.550. The van der Waals surface area contributed by atoms with Gasteiger partial charge in [-0.05, 0) is 92.3 Å². The molecule has 0 bridgehead atoms. The van der Waals surface area contributed by atoms with Crippen molar-refractivity contribution in [1.29, 1.82) is 5.26 Å². The average Bonchev–Trinajstić information content (AvgIpc) is 2.84. The molecule has 2 nitrogen and oxygen atoms in total. The minimum absolute atomic E-state index is 0.0436. The second kappa shape index (κ2) is 4.97. The highest BCUT2D eigenvalue weighted by atomic mass is 16.3. The molecule has 0 aliphatic heterocycles. The largest absolute Gasteiger partial charge is 0.393 e. The third kappa shape index (κ3) is 1.87. The topological polar surface area (TPSA) is 44.0 Å². The molecule has 0 unspecified atom stereocenters. The molecule has 0 aromatic carbocycles. The van der Waals surface area contributed by atoms with E-state index in [1.807, 2.05) is 0 Å². The maximum absolute atomic E-state index is 10.1. The molecule has 4 aliphatic carbocycles. The van der Waals surface area contributed by atoms with Crippen LogP contribution in [0.2, 0.25) is 0 Å². The van der Waals surface area contributed by atoms with Crippen molar-refractivity contribution in [3.05, 3.63) is 0 Å². The standard InChI is InChI=1S/C20H31NO/c1-19-9-7-15(22)11-13(19)3-5-16-17-6-4-14(12-21)20(17,2)10-8-18(16)19/h13-18,22H,3-11H2,1-2H3/t13-,14-,15-,16+,17+,18-,19+,20-/m1/s1. The molecule has 0 radical (unpaired) electrons. The van der Waals surface area contributed by atoms with E-state index in [9.17, 15) is 10.4 Å². The number of nitrogens with zero attached hydrogens (tertiary/aromatic N) is 1. The van der Waals surface area contributed by atoms with Crippen LogP contribution in [0.5, 0.6) is 0 Å². The van der Waals surface area contributed by atoms with Crippen LogP contribution in [0.4, 0.5) is 0 Å². The predicted molar refractivity (Wildman–Crippen MR) is 86.8 cm³/mol. The Morgan fingerprint density at radius 1 is 0.909 bits per heavy atom. The van der Waals surface area contributed by atoms with E-state index in [4.69, 9.17) is 0 Å². The molecule has 1 N–H and O–H groups in total. The first-order valence-electron chi connectivity index (χ1n) is 9.56. The van der Waals surface area contributed by atoms with Gasteiger partial charge in [0.1, 0.15) is 0 Å². The lowest BCUT2D eigenvalue weighted by atomic mass is 9.45. The fourth-order valence-corrected chi connectivity index (χ4v) is 7.45. The maximum Gasteiger partial charge on any atom is 0.0661 e. The molecule has 4 aliphatic rings. The summed E-state index contributed by atoms with van der Waals surface area (Å²) in [4.78, 5) is 0. The van der Waals surface area contributed by atoms with Gasteiger partial charge >= 0.3 is 0 Å². The highest BCUT2D eigenvalue weighted by Gasteiger charge is 2.60. The monoisotopic (exact) mass is 301 g/mol. The molecule has 0 aromatic heterocycles. The summed E-state index contributed by atoms with van der Waals surface area (Å²) in [6.45, 7) is 4.97. The second-order valence-corrected chi connectivity index (χ2v) is 9.39. The highest BCUT2D eigenvalue weighted by molar-refractivity contribution is 5.12. The van der Waals surface area contributed by atoms with Gasteiger partial charge < -0.3 is 5.11 Å². The Bertz CT molecular complexity index is 496. The number of aliphatic hydroxyl groups excluding tert-OH is 1. The number of nitriles is 1. The van der Waals surface area contributed by atoms with Crippen molar-refractivity contribution >= 4 is 0 Å². The summed E-state index contributed by atoms with van der Waals surface area (Å²) < 4.78 is 0. The summed E-state index contributed by atoms with van der Waals surface area (Å²) in [5.41, 5.74) is 0.765. The molecule has 8 atom stereocenters. The van der Waals surface area contributed by atoms with E-state index in [2.05, 4.69) is 19.9 Å². The lowest BCUT2D eigenvalue weighted by Crippen LogP contribution is -2.53. The third-order valence-corrected chi connectivity index (χ3v) is 8.79. The molecule has 22 heavy (non-hydrogen) atoms. The minimum Gasteiger partial charge on any atom is -0.393 e. The molecule has 0 spiro atoms. The summed E-state index contributed by atoms with van der Waals surface area (Å²) in [5, 5.41) is 19.6. The first kappa shape index (κ1) is 15.0. The molecule has 0 aromatic rings. The van der Waals surface area contributed by atoms with Gasteiger partial charge in [-0.25, -0.2) is 0 Å². The zero-order valence-corrected chi connectivity index (χ0v) is 14.2. The number of hydrogen-bond donors (Lipinski definition) is 1. The van der Waals surface area contributed by atoms with Crippen LogP contribution in [0.15, 0.2) is 0 Å². The summed E-state index contributed by atoms with van der Waals surface area (Å²) in [6.07, 6.45) is 10.9. The summed E-state index contributed by atoms with van der Waals surface area (Å²) >= 11 is 0. The minimum atomic E-state index is -0.0436. The molecular formula is C20H31NO. The number of fused-ring (bicyclic) bond motifs is 5. The van der Waals surface area contributed by atoms with Gasteiger partial charge in [0.15, 0.2) is 0 Å². The van der Waals surface area contributed by atoms with Crippen molar-refractivity contribution in [2.45, 2.75) is 77.7 Å². The quantitative estimate of drug-likeness (QED) is 0.714. The van der Waals surface area contributed by atoms with Crippen LogP contribution >= 0.6 is 0 Å². The van der Waals surface area contributed by atoms with Crippen molar-refractivity contribution in [2.75, 3.05) is 0 Å². The van der Waals surface area contributed by atoms with Gasteiger partial charge in [-0.2, -0.15) is 5.26 Å². The van der Waals surface area contributed by atoms with Gasteiger partial charge in [0.2, 0.25) is 0 Å². The van der Waals surface area contributed by atoms with Gasteiger partial charge in [0.25, 0.3) is 0 Å². The first-order chi connectivity index (χ1) is 10.5. The Kier molecular flexibility index (Phi) is 3.39. The lowest BCUT2D eigenvalue weighted by Gasteiger charge is -2.60. The van der Waals surface area contributed by atoms with Crippen molar-refractivity contribution in [2.24, 2.45) is 40.4 Å². The molecule has 4 rings (SSSR count). The Labute approximate surface area is 135 Å². The Morgan fingerprint density at radius 3 is 2.41 bits per heavy atom. The molecule has 0 amide bonds.